The summed E-state index contributed by atoms with van der Waals surface area (Å²) in [4.78, 5) is 123. The number of carbonyl (C=O) groups excluding carboxylic acids is 10. The molecule has 0 amide bonds. The van der Waals surface area contributed by atoms with E-state index >= 15 is 0 Å². The number of phenols is 5. The summed E-state index contributed by atoms with van der Waals surface area (Å²) in [6.45, 7) is 7.44. The van der Waals surface area contributed by atoms with Crippen molar-refractivity contribution >= 4 is 57.8 Å². The van der Waals surface area contributed by atoms with Gasteiger partial charge in [-0.15, -0.1) is 0 Å². The fraction of sp³-hybridized carbons (Fsp3) is 0.255. The number of aromatic hydroxyl groups is 5. The molecule has 122 heavy (non-hydrogen) atoms. The molecule has 5 aliphatic heterocycles. The molecule has 0 fully saturated rings. The highest BCUT2D eigenvalue weighted by atomic mass is 19.1. The number of ether oxygens (including phenoxy) is 12. The highest BCUT2D eigenvalue weighted by molar-refractivity contribution is 6.07. The zero-order valence-electron chi connectivity index (χ0n) is 67.1. The molecule has 0 bridgehead atoms. The molecule has 5 aliphatic rings. The van der Waals surface area contributed by atoms with Crippen LogP contribution in [0.2, 0.25) is 0 Å². The van der Waals surface area contributed by atoms with Gasteiger partial charge in [-0.3, -0.25) is 47.9 Å². The van der Waals surface area contributed by atoms with Crippen molar-refractivity contribution in [1.29, 1.82) is 0 Å². The van der Waals surface area contributed by atoms with Crippen LogP contribution in [-0.4, -0.2) is 164 Å². The summed E-state index contributed by atoms with van der Waals surface area (Å²) in [7, 11) is 3.02. The number of Topliss-reactive ketones (excluding diaryl/α,β-unsaturated/α-hetero) is 10. The Bertz CT molecular complexity index is 5420. The van der Waals surface area contributed by atoms with Crippen LogP contribution in [0.3, 0.4) is 0 Å². The predicted octanol–water partition coefficient (Wildman–Crippen LogP) is 15.8. The molecule has 0 spiro atoms. The van der Waals surface area contributed by atoms with Gasteiger partial charge in [-0.2, -0.15) is 0 Å². The number of hydrogen-bond acceptors (Lipinski definition) is 27. The maximum absolute atomic E-state index is 13.1. The smallest absolute Gasteiger partial charge is 0.203 e. The zero-order valence-corrected chi connectivity index (χ0v) is 67.1. The second kappa shape index (κ2) is 42.2. The summed E-state index contributed by atoms with van der Waals surface area (Å²) in [5.74, 6) is 0.750. The Morgan fingerprint density at radius 1 is 0.270 bits per heavy atom. The molecular formula is C94H87FO27. The van der Waals surface area contributed by atoms with E-state index in [-0.39, 0.29) is 196 Å². The first-order chi connectivity index (χ1) is 58.8. The van der Waals surface area contributed by atoms with Gasteiger partial charge >= 0.3 is 0 Å². The van der Waals surface area contributed by atoms with E-state index in [9.17, 15) is 77.9 Å². The van der Waals surface area contributed by atoms with Crippen LogP contribution in [0, 0.1) is 19.7 Å². The number of hydrogen-bond donors (Lipinski definition) is 5. The molecule has 10 aromatic carbocycles. The Balaban J connectivity index is 0.000000149. The van der Waals surface area contributed by atoms with Crippen LogP contribution in [0.5, 0.6) is 97.7 Å². The van der Waals surface area contributed by atoms with Crippen LogP contribution < -0.4 is 56.8 Å². The molecule has 0 atom stereocenters. The monoisotopic (exact) mass is 1670 g/mol. The number of para-hydroxylation sites is 1. The first-order valence-corrected chi connectivity index (χ1v) is 38.9. The molecular weight excluding hydrogens is 1580 g/mol. The average Bonchev–Trinajstić information content (AvgIpc) is 0.826. The van der Waals surface area contributed by atoms with Gasteiger partial charge in [-0.1, -0.05) is 96.1 Å². The van der Waals surface area contributed by atoms with E-state index in [1.165, 1.54) is 80.9 Å². The molecule has 5 heterocycles. The minimum absolute atomic E-state index is 0.0238. The van der Waals surface area contributed by atoms with Crippen LogP contribution in [-0.2, 0) is 0 Å². The summed E-state index contributed by atoms with van der Waals surface area (Å²) < 4.78 is 76.9. The van der Waals surface area contributed by atoms with Gasteiger partial charge in [0.05, 0.1) is 19.8 Å². The summed E-state index contributed by atoms with van der Waals surface area (Å²) in [6.07, 6.45) is 0.485. The SMILES string of the molecule is COc1cccc(C(=O)CCC(=O)c2cc(O)c3c(c2)OCCO3)c1.COc1ccccc1C(=O)CCC(=O)c1cc(O)c2c(c1)OCCO2.Cc1ccc(C(=O)CCC(=O)c2cc(O)c3c(c2)OCCO3)cc1.Cc1ccc(C(=O)CCC(=O)c2cc(O)c3c(c2)OCCO3)cc1.O=C(CCC(=O)c1cc(O)c2c(c1)OCCO2)c1cccc(F)c1. The number of fused-ring (bicyclic) bond motifs is 5. The fourth-order valence-corrected chi connectivity index (χ4v) is 12.9. The third-order valence-corrected chi connectivity index (χ3v) is 19.3. The third kappa shape index (κ3) is 23.7. The van der Waals surface area contributed by atoms with Crippen LogP contribution >= 0.6 is 0 Å². The maximum atomic E-state index is 13.1. The van der Waals surface area contributed by atoms with Gasteiger partial charge < -0.3 is 82.4 Å². The van der Waals surface area contributed by atoms with Crippen molar-refractivity contribution in [2.75, 3.05) is 80.3 Å². The van der Waals surface area contributed by atoms with Crippen molar-refractivity contribution in [3.63, 3.8) is 0 Å². The molecule has 632 valence electrons. The molecule has 0 saturated heterocycles. The number of methoxy groups -OCH3 is 2. The van der Waals surface area contributed by atoms with E-state index in [0.717, 1.165) is 17.2 Å². The molecule has 27 nitrogen and oxygen atoms in total. The predicted molar refractivity (Wildman–Crippen MR) is 440 cm³/mol. The average molecular weight is 1670 g/mol. The molecule has 28 heteroatoms. The molecule has 0 unspecified atom stereocenters. The second-order valence-electron chi connectivity index (χ2n) is 28.0. The molecule has 0 saturated carbocycles. The normalized spacial score (nSPS) is 12.6. The molecule has 15 rings (SSSR count). The lowest BCUT2D eigenvalue weighted by molar-refractivity contribution is 0.0915. The van der Waals surface area contributed by atoms with Crippen molar-refractivity contribution in [3.05, 3.63) is 255 Å². The summed E-state index contributed by atoms with van der Waals surface area (Å²) in [5, 5.41) is 49.7. The van der Waals surface area contributed by atoms with Crippen LogP contribution in [0.4, 0.5) is 4.39 Å². The molecule has 5 N–H and O–H groups in total. The Morgan fingerprint density at radius 2 is 0.533 bits per heavy atom. The summed E-state index contributed by atoms with van der Waals surface area (Å²) in [5.41, 5.74) is 5.97. The Labute approximate surface area is 699 Å². The van der Waals surface area contributed by atoms with E-state index < -0.39 is 5.82 Å². The number of ketones is 10. The zero-order chi connectivity index (χ0) is 86.9. The highest BCUT2D eigenvalue weighted by Gasteiger charge is 2.28. The van der Waals surface area contributed by atoms with Gasteiger partial charge in [-0.05, 0) is 111 Å². The van der Waals surface area contributed by atoms with Gasteiger partial charge in [-0.25, -0.2) is 4.39 Å². The van der Waals surface area contributed by atoms with E-state index in [1.54, 1.807) is 84.9 Å². The maximum Gasteiger partial charge on any atom is 0.203 e. The van der Waals surface area contributed by atoms with Crippen LogP contribution in [0.1, 0.15) is 179 Å². The van der Waals surface area contributed by atoms with E-state index in [0.29, 0.717) is 145 Å². The minimum atomic E-state index is -0.496. The Kier molecular flexibility index (Phi) is 30.5. The molecule has 0 aliphatic carbocycles. The first-order valence-electron chi connectivity index (χ1n) is 38.9. The number of aryl methyl sites for hydroxylation is 2. The molecule has 0 aromatic heterocycles. The number of carbonyl (C=O) groups is 10. The van der Waals surface area contributed by atoms with Gasteiger partial charge in [0, 0.05) is 114 Å². The first kappa shape index (κ1) is 88.2. The lowest BCUT2D eigenvalue weighted by atomic mass is 10.0. The second-order valence-corrected chi connectivity index (χ2v) is 28.0. The van der Waals surface area contributed by atoms with Crippen molar-refractivity contribution < 1.29 is 135 Å². The van der Waals surface area contributed by atoms with Crippen molar-refractivity contribution in [1.82, 2.24) is 0 Å². The lowest BCUT2D eigenvalue weighted by Gasteiger charge is -2.19. The van der Waals surface area contributed by atoms with E-state index in [2.05, 4.69) is 0 Å². The summed E-state index contributed by atoms with van der Waals surface area (Å²) in [6, 6.07) is 47.9. The topological polar surface area (TPSA) is 383 Å². The van der Waals surface area contributed by atoms with Crippen molar-refractivity contribution in [2.24, 2.45) is 0 Å². The highest BCUT2D eigenvalue weighted by Crippen LogP contribution is 2.45. The van der Waals surface area contributed by atoms with Crippen molar-refractivity contribution in [3.8, 4) is 97.7 Å². The molecule has 0 radical (unpaired) electrons. The quantitative estimate of drug-likeness (QED) is 0.0299. The summed E-state index contributed by atoms with van der Waals surface area (Å²) >= 11 is 0. The van der Waals surface area contributed by atoms with E-state index in [4.69, 9.17) is 56.8 Å². The van der Waals surface area contributed by atoms with Gasteiger partial charge in [0.25, 0.3) is 0 Å². The van der Waals surface area contributed by atoms with Gasteiger partial charge in [0.15, 0.2) is 115 Å². The van der Waals surface area contributed by atoms with Gasteiger partial charge in [0.2, 0.25) is 28.7 Å². The number of phenolic OH excluding ortho intramolecular Hbond substituents is 5. The third-order valence-electron chi connectivity index (χ3n) is 19.3. The largest absolute Gasteiger partial charge is 0.504 e. The fourth-order valence-electron chi connectivity index (χ4n) is 12.9. The Morgan fingerprint density at radius 3 is 0.828 bits per heavy atom. The minimum Gasteiger partial charge on any atom is -0.504 e. The number of halogens is 1. The molecule has 10 aromatic rings. The van der Waals surface area contributed by atoms with Crippen molar-refractivity contribution in [2.45, 2.75) is 78.1 Å². The lowest BCUT2D eigenvalue weighted by Crippen LogP contribution is -2.16. The van der Waals surface area contributed by atoms with Crippen LogP contribution in [0.25, 0.3) is 0 Å². The van der Waals surface area contributed by atoms with Crippen LogP contribution in [0.15, 0.2) is 182 Å². The van der Waals surface area contributed by atoms with Gasteiger partial charge in [0.1, 0.15) is 83.4 Å². The number of benzene rings is 10. The number of rotatable bonds is 27. The Hall–Kier alpha value is -14.6. The standard InChI is InChI=1S/2C19H18O6.2C19H18O5.C18H15FO5/c1-23-14-4-2-3-12(9-14)15(20)5-6-16(21)13-10-17(22)19-18(11-13)24-7-8-25-19;1-23-17-5-3-2-4-13(17)15(21)7-6-14(20)12-10-16(22)19-18(11-12)24-8-9-25-19;2*1-12-2-4-13(5-3-12)15(20)6-7-16(21)14-10-17(22)19-18(11-14)23-8-9-24-19;19-13-3-1-2-11(8-13)14(20)4-5-15(21)12-9-16(22)18-17(10-12)23-6-7-24-18/h2-4,9-11,22H,5-8H2,1H3;2-5,10-11,22H,6-9H2,1H3;2*2-5,10-11,22H,6-9H2,1H3;1-3,8-10,22H,4-7H2. The van der Waals surface area contributed by atoms with E-state index in [1.807, 2.05) is 38.1 Å².